The zero-order valence-electron chi connectivity index (χ0n) is 17.3. The summed E-state index contributed by atoms with van der Waals surface area (Å²) < 4.78 is 6.95. The largest absolute Gasteiger partial charge is 0.469 e. The number of carbonyl (C=O) groups excluding carboxylic acids is 2. The molecule has 0 fully saturated rings. The Morgan fingerprint density at radius 3 is 2.59 bits per heavy atom. The molecule has 162 valence electrons. The first-order valence-electron chi connectivity index (χ1n) is 9.64. The van der Waals surface area contributed by atoms with Crippen molar-refractivity contribution in [2.45, 2.75) is 13.3 Å². The van der Waals surface area contributed by atoms with Crippen LogP contribution in [0.2, 0.25) is 0 Å². The number of rotatable bonds is 6. The van der Waals surface area contributed by atoms with Crippen molar-refractivity contribution in [1.82, 2.24) is 20.2 Å². The molecule has 0 saturated carbocycles. The van der Waals surface area contributed by atoms with Crippen LogP contribution in [-0.4, -0.2) is 39.5 Å². The number of esters is 1. The van der Waals surface area contributed by atoms with E-state index in [0.717, 1.165) is 10.2 Å². The number of H-pyrrole nitrogens is 1. The number of hydrogen-bond acceptors (Lipinski definition) is 7. The molecule has 4 rings (SSSR count). The SMILES string of the molecule is COC(=O)Cc1[nH]n(-c2nc3ccccc3s2)c(=O)c1/C(C)=N/NC(=O)c1ccccc1. The zero-order valence-corrected chi connectivity index (χ0v) is 18.1. The van der Waals surface area contributed by atoms with Crippen LogP contribution in [0.3, 0.4) is 0 Å². The number of hydrazone groups is 1. The number of nitrogens with one attached hydrogen (secondary N) is 2. The van der Waals surface area contributed by atoms with Gasteiger partial charge in [0.05, 0.1) is 40.7 Å². The summed E-state index contributed by atoms with van der Waals surface area (Å²) in [5.41, 5.74) is 3.93. The molecule has 10 heteroatoms. The predicted octanol–water partition coefficient (Wildman–Crippen LogP) is 2.64. The smallest absolute Gasteiger partial charge is 0.311 e. The lowest BCUT2D eigenvalue weighted by molar-refractivity contribution is -0.139. The van der Waals surface area contributed by atoms with Gasteiger partial charge < -0.3 is 4.74 Å². The molecule has 0 aliphatic carbocycles. The number of methoxy groups -OCH3 is 1. The molecular formula is C22H19N5O4S. The Labute approximate surface area is 186 Å². The molecule has 1 amide bonds. The van der Waals surface area contributed by atoms with Crippen LogP contribution in [0.4, 0.5) is 0 Å². The minimum absolute atomic E-state index is 0.168. The Morgan fingerprint density at radius 1 is 1.16 bits per heavy atom. The number of para-hydroxylation sites is 1. The fourth-order valence-electron chi connectivity index (χ4n) is 3.14. The number of aromatic nitrogens is 3. The Balaban J connectivity index is 1.73. The van der Waals surface area contributed by atoms with Gasteiger partial charge in [-0.1, -0.05) is 41.7 Å². The molecule has 2 N–H and O–H groups in total. The maximum Gasteiger partial charge on any atom is 0.311 e. The highest BCUT2D eigenvalue weighted by molar-refractivity contribution is 7.20. The van der Waals surface area contributed by atoms with Crippen molar-refractivity contribution in [2.24, 2.45) is 5.10 Å². The number of carbonyl (C=O) groups is 2. The van der Waals surface area contributed by atoms with Gasteiger partial charge in [0.2, 0.25) is 5.13 Å². The third-order valence-corrected chi connectivity index (χ3v) is 5.73. The van der Waals surface area contributed by atoms with E-state index in [-0.39, 0.29) is 17.7 Å². The highest BCUT2D eigenvalue weighted by Gasteiger charge is 2.22. The van der Waals surface area contributed by atoms with Gasteiger partial charge in [0.1, 0.15) is 0 Å². The van der Waals surface area contributed by atoms with E-state index in [0.29, 0.717) is 16.4 Å². The molecular weight excluding hydrogens is 430 g/mol. The molecule has 9 nitrogen and oxygen atoms in total. The van der Waals surface area contributed by atoms with E-state index in [1.54, 1.807) is 37.3 Å². The Morgan fingerprint density at radius 2 is 1.88 bits per heavy atom. The number of fused-ring (bicyclic) bond motifs is 1. The van der Waals surface area contributed by atoms with E-state index < -0.39 is 17.4 Å². The van der Waals surface area contributed by atoms with Gasteiger partial charge in [0, 0.05) is 5.56 Å². The van der Waals surface area contributed by atoms with E-state index in [4.69, 9.17) is 4.74 Å². The second-order valence-corrected chi connectivity index (χ2v) is 7.84. The second kappa shape index (κ2) is 8.98. The molecule has 0 spiro atoms. The summed E-state index contributed by atoms with van der Waals surface area (Å²) in [6, 6.07) is 16.1. The highest BCUT2D eigenvalue weighted by Crippen LogP contribution is 2.23. The van der Waals surface area contributed by atoms with Gasteiger partial charge in [-0.05, 0) is 31.2 Å². The fourth-order valence-corrected chi connectivity index (χ4v) is 4.06. The molecule has 32 heavy (non-hydrogen) atoms. The van der Waals surface area contributed by atoms with E-state index in [1.807, 2.05) is 24.3 Å². The Kier molecular flexibility index (Phi) is 5.95. The molecule has 0 aliphatic heterocycles. The minimum Gasteiger partial charge on any atom is -0.469 e. The number of hydrogen-bond donors (Lipinski definition) is 2. The van der Waals surface area contributed by atoms with E-state index >= 15 is 0 Å². The number of nitrogens with zero attached hydrogens (tertiary/aromatic N) is 3. The molecule has 2 heterocycles. The average molecular weight is 449 g/mol. The molecule has 2 aromatic carbocycles. The minimum atomic E-state index is -0.523. The zero-order chi connectivity index (χ0) is 22.7. The van der Waals surface area contributed by atoms with Crippen LogP contribution in [0.1, 0.15) is 28.5 Å². The van der Waals surface area contributed by atoms with Gasteiger partial charge in [-0.2, -0.15) is 9.78 Å². The molecule has 4 aromatic rings. The van der Waals surface area contributed by atoms with Gasteiger partial charge in [0.15, 0.2) is 0 Å². The second-order valence-electron chi connectivity index (χ2n) is 6.83. The number of aromatic amines is 1. The number of thiazole rings is 1. The first kappa shape index (κ1) is 21.2. The van der Waals surface area contributed by atoms with Crippen LogP contribution < -0.4 is 11.0 Å². The summed E-state index contributed by atoms with van der Waals surface area (Å²) in [5, 5.41) is 7.47. The number of benzene rings is 2. The van der Waals surface area contributed by atoms with Crippen LogP contribution in [0, 0.1) is 0 Å². The van der Waals surface area contributed by atoms with Crippen molar-refractivity contribution < 1.29 is 14.3 Å². The van der Waals surface area contributed by atoms with E-state index in [2.05, 4.69) is 20.6 Å². The van der Waals surface area contributed by atoms with Crippen LogP contribution >= 0.6 is 11.3 Å². The summed E-state index contributed by atoms with van der Waals surface area (Å²) in [5.74, 6) is -0.938. The summed E-state index contributed by atoms with van der Waals surface area (Å²) in [4.78, 5) is 42.0. The van der Waals surface area contributed by atoms with Gasteiger partial charge in [-0.3, -0.25) is 19.5 Å². The first-order valence-corrected chi connectivity index (χ1v) is 10.5. The Hall–Kier alpha value is -4.05. The van der Waals surface area contributed by atoms with Gasteiger partial charge in [-0.25, -0.2) is 10.4 Å². The van der Waals surface area contributed by atoms with Crippen molar-refractivity contribution in [3.05, 3.63) is 81.8 Å². The molecule has 2 aromatic heterocycles. The number of amides is 1. The van der Waals surface area contributed by atoms with Crippen molar-refractivity contribution >= 4 is 39.1 Å². The lowest BCUT2D eigenvalue weighted by Crippen LogP contribution is -2.23. The lowest BCUT2D eigenvalue weighted by atomic mass is 10.1. The van der Waals surface area contributed by atoms with Gasteiger partial charge in [0.25, 0.3) is 11.5 Å². The first-order chi connectivity index (χ1) is 15.5. The summed E-state index contributed by atoms with van der Waals surface area (Å²) in [6.45, 7) is 1.58. The molecule has 0 unspecified atom stereocenters. The van der Waals surface area contributed by atoms with Crippen LogP contribution in [-0.2, 0) is 16.0 Å². The van der Waals surface area contributed by atoms with Gasteiger partial charge >= 0.3 is 5.97 Å². The standard InChI is InChI=1S/C22H19N5O4S/c1-13(24-25-20(29)14-8-4-3-5-9-14)19-16(12-18(28)31-2)26-27(21(19)30)22-23-15-10-6-7-11-17(15)32-22/h3-11,26H,12H2,1-2H3,(H,25,29)/b24-13+. The fraction of sp³-hybridized carbons (Fsp3) is 0.136. The van der Waals surface area contributed by atoms with E-state index in [1.165, 1.54) is 23.1 Å². The Bertz CT molecular complexity index is 1350. The van der Waals surface area contributed by atoms with Crippen molar-refractivity contribution in [1.29, 1.82) is 0 Å². The topological polar surface area (TPSA) is 118 Å². The summed E-state index contributed by atoms with van der Waals surface area (Å²) >= 11 is 1.33. The normalized spacial score (nSPS) is 11.5. The third kappa shape index (κ3) is 4.21. The molecule has 0 saturated heterocycles. The maximum absolute atomic E-state index is 13.2. The van der Waals surface area contributed by atoms with Crippen LogP contribution in [0.5, 0.6) is 0 Å². The third-order valence-electron chi connectivity index (χ3n) is 4.71. The number of ether oxygens (including phenoxy) is 1. The molecule has 0 aliphatic rings. The molecule has 0 bridgehead atoms. The quantitative estimate of drug-likeness (QED) is 0.267. The molecule has 0 atom stereocenters. The summed E-state index contributed by atoms with van der Waals surface area (Å²) in [6.07, 6.45) is -0.168. The predicted molar refractivity (Wildman–Crippen MR) is 121 cm³/mol. The lowest BCUT2D eigenvalue weighted by Gasteiger charge is -2.03. The van der Waals surface area contributed by atoms with E-state index in [9.17, 15) is 14.4 Å². The van der Waals surface area contributed by atoms with Gasteiger partial charge in [-0.15, -0.1) is 0 Å². The summed E-state index contributed by atoms with van der Waals surface area (Å²) in [7, 11) is 1.27. The molecule has 0 radical (unpaired) electrons. The average Bonchev–Trinajstić information content (AvgIpc) is 3.38. The maximum atomic E-state index is 13.2. The van der Waals surface area contributed by atoms with Crippen molar-refractivity contribution in [2.75, 3.05) is 7.11 Å². The highest BCUT2D eigenvalue weighted by atomic mass is 32.1. The van der Waals surface area contributed by atoms with Crippen LogP contribution in [0.15, 0.2) is 64.5 Å². The monoisotopic (exact) mass is 449 g/mol. The van der Waals surface area contributed by atoms with Crippen molar-refractivity contribution in [3.8, 4) is 5.13 Å². The van der Waals surface area contributed by atoms with Crippen LogP contribution in [0.25, 0.3) is 15.3 Å². The van der Waals surface area contributed by atoms with Crippen molar-refractivity contribution in [3.63, 3.8) is 0 Å².